The number of fused-ring (bicyclic) bond motifs is 1. The number of carbonyl (C=O) groups is 1. The summed E-state index contributed by atoms with van der Waals surface area (Å²) in [6, 6.07) is 10.8. The molecule has 0 bridgehead atoms. The van der Waals surface area contributed by atoms with Gasteiger partial charge in [-0.1, -0.05) is 50.0 Å². The van der Waals surface area contributed by atoms with E-state index in [1.807, 2.05) is 24.9 Å². The van der Waals surface area contributed by atoms with E-state index in [4.69, 9.17) is 0 Å². The monoisotopic (exact) mass is 540 g/mol. The van der Waals surface area contributed by atoms with Crippen molar-refractivity contribution in [2.24, 2.45) is 0 Å². The SMILES string of the molecule is C=C/C(P)=C\C=C(/C)C(=O)NCc1cc(-c2ccc3[nH]ncc3c2)ccc1F.CN1CCCCC1.CP. The van der Waals surface area contributed by atoms with Gasteiger partial charge in [0.15, 0.2) is 0 Å². The summed E-state index contributed by atoms with van der Waals surface area (Å²) in [6.45, 7) is 10.0. The molecule has 0 aliphatic carbocycles. The molecule has 8 heteroatoms. The van der Waals surface area contributed by atoms with E-state index in [2.05, 4.69) is 52.5 Å². The van der Waals surface area contributed by atoms with Gasteiger partial charge < -0.3 is 10.2 Å². The maximum Gasteiger partial charge on any atom is 0.247 e. The molecule has 0 spiro atoms. The van der Waals surface area contributed by atoms with Gasteiger partial charge >= 0.3 is 0 Å². The maximum absolute atomic E-state index is 14.2. The molecule has 4 rings (SSSR count). The van der Waals surface area contributed by atoms with Crippen LogP contribution in [-0.4, -0.2) is 47.8 Å². The molecular weight excluding hydrogens is 501 g/mol. The standard InChI is InChI=1S/C22H21FN3OP.C6H13N.CH5P/c1-3-19(28)7-4-14(2)22(27)24-12-17-10-15(5-8-20(17)23)16-6-9-21-18(11-16)13-25-26-21;1-7-5-3-2-4-6-7;1-2/h3-11,13H,1,12,28H2,2H3,(H,24,27)(H,25,26);2-6H2,1H3;2H2,1H3/b14-4+,19-7+;;. The molecule has 37 heavy (non-hydrogen) atoms. The molecule has 2 N–H and O–H groups in total. The van der Waals surface area contributed by atoms with Crippen LogP contribution in [0, 0.1) is 5.82 Å². The Morgan fingerprint density at radius 3 is 2.46 bits per heavy atom. The van der Waals surface area contributed by atoms with Crippen LogP contribution in [0.3, 0.4) is 0 Å². The first-order valence-electron chi connectivity index (χ1n) is 12.4. The zero-order valence-electron chi connectivity index (χ0n) is 22.1. The molecule has 1 aliphatic rings. The molecule has 2 heterocycles. The number of benzene rings is 2. The van der Waals surface area contributed by atoms with Crippen LogP contribution in [0.25, 0.3) is 22.0 Å². The summed E-state index contributed by atoms with van der Waals surface area (Å²) in [7, 11) is 7.13. The smallest absolute Gasteiger partial charge is 0.247 e. The number of rotatable bonds is 6. The van der Waals surface area contributed by atoms with Crippen molar-refractivity contribution in [1.82, 2.24) is 20.4 Å². The fraction of sp³-hybridized carbons (Fsp3) is 0.310. The highest BCUT2D eigenvalue weighted by Gasteiger charge is 2.09. The van der Waals surface area contributed by atoms with Crippen molar-refractivity contribution in [2.45, 2.75) is 32.7 Å². The minimum Gasteiger partial charge on any atom is -0.348 e. The zero-order valence-corrected chi connectivity index (χ0v) is 24.4. The van der Waals surface area contributed by atoms with E-state index >= 15 is 0 Å². The number of halogens is 1. The Kier molecular flexibility index (Phi) is 13.4. The zero-order chi connectivity index (χ0) is 27.2. The molecule has 0 saturated carbocycles. The number of nitrogens with one attached hydrogen (secondary N) is 2. The molecule has 198 valence electrons. The summed E-state index contributed by atoms with van der Waals surface area (Å²) in [5, 5.41) is 11.5. The van der Waals surface area contributed by atoms with Crippen LogP contribution in [-0.2, 0) is 11.3 Å². The van der Waals surface area contributed by atoms with Crippen molar-refractivity contribution in [1.29, 1.82) is 0 Å². The predicted octanol–water partition coefficient (Wildman–Crippen LogP) is 6.47. The summed E-state index contributed by atoms with van der Waals surface area (Å²) in [5.41, 5.74) is 3.74. The third-order valence-corrected chi connectivity index (χ3v) is 6.39. The normalized spacial score (nSPS) is 14.2. The summed E-state index contributed by atoms with van der Waals surface area (Å²) < 4.78 is 14.2. The van der Waals surface area contributed by atoms with Crippen LogP contribution in [0.1, 0.15) is 31.7 Å². The number of aromatic nitrogens is 2. The number of allylic oxidation sites excluding steroid dienone is 4. The minimum absolute atomic E-state index is 0.108. The lowest BCUT2D eigenvalue weighted by atomic mass is 10.0. The van der Waals surface area contributed by atoms with Crippen molar-refractivity contribution in [3.63, 3.8) is 0 Å². The van der Waals surface area contributed by atoms with E-state index in [0.29, 0.717) is 11.1 Å². The average molecular weight is 541 g/mol. The van der Waals surface area contributed by atoms with E-state index in [0.717, 1.165) is 27.3 Å². The number of H-pyrrole nitrogens is 1. The third-order valence-electron chi connectivity index (χ3n) is 5.96. The molecule has 1 aromatic heterocycles. The Balaban J connectivity index is 0.000000455. The molecule has 3 aromatic rings. The number of likely N-dealkylation sites (tertiary alicyclic amines) is 1. The summed E-state index contributed by atoms with van der Waals surface area (Å²) >= 11 is 0. The second-order valence-electron chi connectivity index (χ2n) is 8.75. The maximum atomic E-state index is 14.2. The molecule has 2 aromatic carbocycles. The number of nitrogens with zero attached hydrogens (tertiary/aromatic N) is 2. The van der Waals surface area contributed by atoms with Gasteiger partial charge in [0.1, 0.15) is 5.82 Å². The molecule has 1 saturated heterocycles. The van der Waals surface area contributed by atoms with E-state index in [9.17, 15) is 9.18 Å². The van der Waals surface area contributed by atoms with Gasteiger partial charge in [0.2, 0.25) is 5.91 Å². The molecular formula is C29H39FN4OP2. The third kappa shape index (κ3) is 9.97. The summed E-state index contributed by atoms with van der Waals surface area (Å²) in [6.07, 6.45) is 11.2. The van der Waals surface area contributed by atoms with Crippen molar-refractivity contribution < 1.29 is 9.18 Å². The number of hydrogen-bond acceptors (Lipinski definition) is 3. The molecule has 2 atom stereocenters. The Morgan fingerprint density at radius 2 is 1.81 bits per heavy atom. The van der Waals surface area contributed by atoms with E-state index in [1.165, 1.54) is 38.4 Å². The van der Waals surface area contributed by atoms with E-state index < -0.39 is 0 Å². The van der Waals surface area contributed by atoms with Crippen molar-refractivity contribution >= 4 is 35.3 Å². The van der Waals surface area contributed by atoms with Gasteiger partial charge in [0.25, 0.3) is 0 Å². The number of aromatic amines is 1. The number of amides is 1. The largest absolute Gasteiger partial charge is 0.348 e. The van der Waals surface area contributed by atoms with Gasteiger partial charge in [-0.05, 0) is 80.6 Å². The lowest BCUT2D eigenvalue weighted by Gasteiger charge is -2.20. The van der Waals surface area contributed by atoms with Gasteiger partial charge in [-0.3, -0.25) is 9.89 Å². The van der Waals surface area contributed by atoms with Crippen molar-refractivity contribution in [2.75, 3.05) is 26.8 Å². The predicted molar refractivity (Wildman–Crippen MR) is 162 cm³/mol. The first-order chi connectivity index (χ1) is 17.9. The second kappa shape index (κ2) is 16.2. The minimum atomic E-state index is -0.353. The van der Waals surface area contributed by atoms with Crippen LogP contribution < -0.4 is 5.32 Å². The van der Waals surface area contributed by atoms with Crippen LogP contribution in [0.2, 0.25) is 0 Å². The molecule has 1 fully saturated rings. The van der Waals surface area contributed by atoms with E-state index in [1.54, 1.807) is 43.5 Å². The van der Waals surface area contributed by atoms with Gasteiger partial charge in [-0.15, -0.1) is 18.5 Å². The second-order valence-corrected chi connectivity index (χ2v) is 9.41. The lowest BCUT2D eigenvalue weighted by molar-refractivity contribution is -0.117. The summed E-state index contributed by atoms with van der Waals surface area (Å²) in [4.78, 5) is 14.6. The lowest BCUT2D eigenvalue weighted by Crippen LogP contribution is -2.24. The van der Waals surface area contributed by atoms with Crippen molar-refractivity contribution in [3.05, 3.63) is 89.7 Å². The van der Waals surface area contributed by atoms with E-state index in [-0.39, 0.29) is 18.3 Å². The highest BCUT2D eigenvalue weighted by Crippen LogP contribution is 2.25. The quantitative estimate of drug-likeness (QED) is 0.214. The average Bonchev–Trinajstić information content (AvgIpc) is 3.41. The Hall–Kier alpha value is -2.65. The molecule has 2 unspecified atom stereocenters. The first kappa shape index (κ1) is 30.6. The highest BCUT2D eigenvalue weighted by atomic mass is 31.0. The van der Waals surface area contributed by atoms with Gasteiger partial charge in [0, 0.05) is 23.1 Å². The molecule has 1 amide bonds. The van der Waals surface area contributed by atoms with Gasteiger partial charge in [0.05, 0.1) is 11.7 Å². The molecule has 5 nitrogen and oxygen atoms in total. The highest BCUT2D eigenvalue weighted by molar-refractivity contribution is 7.22. The first-order valence-corrected chi connectivity index (χ1v) is 14.1. The van der Waals surface area contributed by atoms with Gasteiger partial charge in [-0.25, -0.2) is 4.39 Å². The Labute approximate surface area is 225 Å². The molecule has 1 aliphatic heterocycles. The molecule has 0 radical (unpaired) electrons. The van der Waals surface area contributed by atoms with Crippen LogP contribution in [0.15, 0.2) is 78.3 Å². The number of carbonyl (C=O) groups excluding carboxylic acids is 1. The van der Waals surface area contributed by atoms with Crippen LogP contribution in [0.4, 0.5) is 4.39 Å². The van der Waals surface area contributed by atoms with Gasteiger partial charge in [-0.2, -0.15) is 5.10 Å². The van der Waals surface area contributed by atoms with Crippen LogP contribution >= 0.6 is 18.5 Å². The fourth-order valence-electron chi connectivity index (χ4n) is 3.74. The number of piperidine rings is 1. The fourth-order valence-corrected chi connectivity index (χ4v) is 3.84. The number of hydrogen-bond donors (Lipinski definition) is 2. The topological polar surface area (TPSA) is 61.0 Å². The summed E-state index contributed by atoms with van der Waals surface area (Å²) in [5.74, 6) is -0.600. The van der Waals surface area contributed by atoms with Crippen molar-refractivity contribution in [3.8, 4) is 11.1 Å². The Bertz CT molecular complexity index is 1230. The van der Waals surface area contributed by atoms with Crippen LogP contribution in [0.5, 0.6) is 0 Å². The Morgan fingerprint density at radius 1 is 1.14 bits per heavy atom.